The van der Waals surface area contributed by atoms with Crippen LogP contribution in [-0.2, 0) is 4.74 Å². The maximum absolute atomic E-state index is 11.6. The second kappa shape index (κ2) is 4.98. The van der Waals surface area contributed by atoms with Crippen LogP contribution < -0.4 is 10.6 Å². The van der Waals surface area contributed by atoms with E-state index >= 15 is 0 Å². The smallest absolute Gasteiger partial charge is 0.319 e. The number of H-pyrrole nitrogens is 1. The number of hydrogen-bond acceptors (Lipinski definition) is 3. The number of carbonyl (C=O) groups is 1. The molecule has 2 unspecified atom stereocenters. The minimum atomic E-state index is -0.232. The number of anilines is 1. The molecule has 1 aliphatic heterocycles. The lowest BCUT2D eigenvalue weighted by molar-refractivity contribution is 0.0868. The number of nitrogens with zero attached hydrogens (tertiary/aromatic N) is 1. The van der Waals surface area contributed by atoms with Crippen LogP contribution in [0.5, 0.6) is 0 Å². The van der Waals surface area contributed by atoms with E-state index in [-0.39, 0.29) is 18.2 Å². The molecule has 0 radical (unpaired) electrons. The summed E-state index contributed by atoms with van der Waals surface area (Å²) < 4.78 is 5.49. The van der Waals surface area contributed by atoms with Gasteiger partial charge >= 0.3 is 6.03 Å². The van der Waals surface area contributed by atoms with E-state index in [1.165, 1.54) is 0 Å². The van der Waals surface area contributed by atoms with Gasteiger partial charge in [-0.25, -0.2) is 4.79 Å². The summed E-state index contributed by atoms with van der Waals surface area (Å²) in [4.78, 5) is 11.6. The number of rotatable bonds is 3. The molecule has 1 fully saturated rings. The lowest BCUT2D eigenvalue weighted by atomic mass is 10.1. The highest BCUT2D eigenvalue weighted by molar-refractivity contribution is 5.89. The van der Waals surface area contributed by atoms with E-state index < -0.39 is 0 Å². The molecule has 2 rings (SSSR count). The molecule has 16 heavy (non-hydrogen) atoms. The highest BCUT2D eigenvalue weighted by Crippen LogP contribution is 2.15. The molecular formula is C10H16N4O2. The van der Waals surface area contributed by atoms with Gasteiger partial charge in [-0.2, -0.15) is 5.10 Å². The van der Waals surface area contributed by atoms with Crippen molar-refractivity contribution < 1.29 is 9.53 Å². The lowest BCUT2D eigenvalue weighted by Gasteiger charge is -2.19. The van der Waals surface area contributed by atoms with Crippen LogP contribution in [0.3, 0.4) is 0 Å². The van der Waals surface area contributed by atoms with E-state index in [0.717, 1.165) is 19.4 Å². The first-order valence-electron chi connectivity index (χ1n) is 5.43. The van der Waals surface area contributed by atoms with E-state index in [0.29, 0.717) is 5.69 Å². The number of urea groups is 1. The van der Waals surface area contributed by atoms with Gasteiger partial charge in [-0.3, -0.25) is 5.10 Å². The van der Waals surface area contributed by atoms with Crippen molar-refractivity contribution in [3.63, 3.8) is 0 Å². The van der Waals surface area contributed by atoms with Crippen LogP contribution in [0.25, 0.3) is 0 Å². The number of aromatic nitrogens is 2. The molecule has 2 atom stereocenters. The molecule has 88 valence electrons. The molecule has 0 bridgehead atoms. The van der Waals surface area contributed by atoms with Gasteiger partial charge in [-0.1, -0.05) is 0 Å². The van der Waals surface area contributed by atoms with Gasteiger partial charge in [0.05, 0.1) is 24.0 Å². The zero-order valence-corrected chi connectivity index (χ0v) is 9.19. The Hall–Kier alpha value is -1.56. The summed E-state index contributed by atoms with van der Waals surface area (Å²) in [5.74, 6) is 0. The Bertz CT molecular complexity index is 333. The summed E-state index contributed by atoms with van der Waals surface area (Å²) in [5.41, 5.74) is 0.650. The van der Waals surface area contributed by atoms with Crippen LogP contribution in [0.15, 0.2) is 12.4 Å². The second-order valence-corrected chi connectivity index (χ2v) is 3.93. The van der Waals surface area contributed by atoms with Gasteiger partial charge in [0.25, 0.3) is 0 Å². The van der Waals surface area contributed by atoms with Crippen LogP contribution >= 0.6 is 0 Å². The largest absolute Gasteiger partial charge is 0.376 e. The Balaban J connectivity index is 1.78. The minimum absolute atomic E-state index is 0.0226. The van der Waals surface area contributed by atoms with Crippen LogP contribution in [0.2, 0.25) is 0 Å². The van der Waals surface area contributed by atoms with E-state index in [1.807, 2.05) is 6.92 Å². The maximum atomic E-state index is 11.6. The fourth-order valence-electron chi connectivity index (χ4n) is 1.78. The second-order valence-electron chi connectivity index (χ2n) is 3.93. The number of amides is 2. The van der Waals surface area contributed by atoms with Crippen molar-refractivity contribution in [3.8, 4) is 0 Å². The van der Waals surface area contributed by atoms with Crippen molar-refractivity contribution in [3.05, 3.63) is 12.4 Å². The average Bonchev–Trinajstić information content (AvgIpc) is 2.88. The predicted octanol–water partition coefficient (Wildman–Crippen LogP) is 1.10. The number of nitrogens with one attached hydrogen (secondary N) is 3. The van der Waals surface area contributed by atoms with Gasteiger partial charge in [-0.05, 0) is 19.8 Å². The number of ether oxygens (including phenoxy) is 1. The normalized spacial score (nSPS) is 21.7. The minimum Gasteiger partial charge on any atom is -0.376 e. The number of hydrogen-bond donors (Lipinski definition) is 3. The van der Waals surface area contributed by atoms with Crippen LogP contribution in [0.4, 0.5) is 10.5 Å². The van der Waals surface area contributed by atoms with Crippen LogP contribution in [0.1, 0.15) is 19.8 Å². The Morgan fingerprint density at radius 1 is 1.75 bits per heavy atom. The average molecular weight is 224 g/mol. The molecule has 1 aromatic heterocycles. The van der Waals surface area contributed by atoms with Crippen molar-refractivity contribution in [2.45, 2.75) is 31.9 Å². The van der Waals surface area contributed by atoms with E-state index in [9.17, 15) is 4.79 Å². The summed E-state index contributed by atoms with van der Waals surface area (Å²) in [7, 11) is 0. The van der Waals surface area contributed by atoms with Crippen molar-refractivity contribution in [2.75, 3.05) is 11.9 Å². The number of carbonyl (C=O) groups excluding carboxylic acids is 1. The van der Waals surface area contributed by atoms with Gasteiger partial charge in [0.1, 0.15) is 0 Å². The van der Waals surface area contributed by atoms with E-state index in [2.05, 4.69) is 20.8 Å². The topological polar surface area (TPSA) is 79.0 Å². The number of aromatic amines is 1. The third kappa shape index (κ3) is 2.73. The zero-order chi connectivity index (χ0) is 11.4. The SMILES string of the molecule is CC(NC(=O)Nc1cn[nH]c1)C1CCCO1. The van der Waals surface area contributed by atoms with Gasteiger partial charge in [-0.15, -0.1) is 0 Å². The molecule has 1 aromatic rings. The van der Waals surface area contributed by atoms with Crippen molar-refractivity contribution in [2.24, 2.45) is 0 Å². The molecule has 6 nitrogen and oxygen atoms in total. The Morgan fingerprint density at radius 2 is 2.62 bits per heavy atom. The van der Waals surface area contributed by atoms with Crippen molar-refractivity contribution in [1.82, 2.24) is 15.5 Å². The monoisotopic (exact) mass is 224 g/mol. The summed E-state index contributed by atoms with van der Waals surface area (Å²) in [6.07, 6.45) is 5.38. The van der Waals surface area contributed by atoms with Crippen LogP contribution in [0, 0.1) is 0 Å². The van der Waals surface area contributed by atoms with Gasteiger partial charge in [0.2, 0.25) is 0 Å². The molecule has 2 amide bonds. The fourth-order valence-corrected chi connectivity index (χ4v) is 1.78. The molecule has 1 aliphatic rings. The van der Waals surface area contributed by atoms with Crippen molar-refractivity contribution >= 4 is 11.7 Å². The van der Waals surface area contributed by atoms with Crippen molar-refractivity contribution in [1.29, 1.82) is 0 Å². The summed E-state index contributed by atoms with van der Waals surface area (Å²) in [6, 6.07) is -0.209. The molecule has 0 aromatic carbocycles. The Morgan fingerprint density at radius 3 is 3.25 bits per heavy atom. The lowest BCUT2D eigenvalue weighted by Crippen LogP contribution is -2.42. The first kappa shape index (κ1) is 10.9. The Kier molecular flexibility index (Phi) is 3.40. The molecule has 2 heterocycles. The summed E-state index contributed by atoms with van der Waals surface area (Å²) in [5, 5.41) is 11.9. The standard InChI is InChI=1S/C10H16N4O2/c1-7(9-3-2-4-16-9)13-10(15)14-8-5-11-12-6-8/h5-7,9H,2-4H2,1H3,(H,11,12)(H2,13,14,15). The molecule has 0 spiro atoms. The zero-order valence-electron chi connectivity index (χ0n) is 9.19. The molecule has 0 aliphatic carbocycles. The highest BCUT2D eigenvalue weighted by Gasteiger charge is 2.23. The molecule has 1 saturated heterocycles. The van der Waals surface area contributed by atoms with Crippen LogP contribution in [-0.4, -0.2) is 35.0 Å². The van der Waals surface area contributed by atoms with Gasteiger partial charge < -0.3 is 15.4 Å². The fraction of sp³-hybridized carbons (Fsp3) is 0.600. The van der Waals surface area contributed by atoms with E-state index in [4.69, 9.17) is 4.74 Å². The molecular weight excluding hydrogens is 208 g/mol. The summed E-state index contributed by atoms with van der Waals surface area (Å²) in [6.45, 7) is 2.74. The molecule has 3 N–H and O–H groups in total. The molecule has 6 heteroatoms. The third-order valence-electron chi connectivity index (χ3n) is 2.64. The predicted molar refractivity (Wildman–Crippen MR) is 59.2 cm³/mol. The first-order chi connectivity index (χ1) is 7.75. The van der Waals surface area contributed by atoms with Gasteiger partial charge in [0, 0.05) is 12.8 Å². The molecule has 0 saturated carbocycles. The van der Waals surface area contributed by atoms with E-state index in [1.54, 1.807) is 12.4 Å². The summed E-state index contributed by atoms with van der Waals surface area (Å²) >= 11 is 0. The Labute approximate surface area is 93.8 Å². The maximum Gasteiger partial charge on any atom is 0.319 e. The first-order valence-corrected chi connectivity index (χ1v) is 5.43. The highest BCUT2D eigenvalue weighted by atomic mass is 16.5. The third-order valence-corrected chi connectivity index (χ3v) is 2.64. The van der Waals surface area contributed by atoms with Gasteiger partial charge in [0.15, 0.2) is 0 Å². The quantitative estimate of drug-likeness (QED) is 0.719.